The third-order valence-corrected chi connectivity index (χ3v) is 2.34. The van der Waals surface area contributed by atoms with E-state index in [4.69, 9.17) is 0 Å². The summed E-state index contributed by atoms with van der Waals surface area (Å²) in [4.78, 5) is 22.9. The molecule has 1 N–H and O–H groups in total. The maximum atomic E-state index is 11.6. The molecule has 0 heterocycles. The van der Waals surface area contributed by atoms with Gasteiger partial charge in [0.2, 0.25) is 0 Å². The molecular formula is C15H17NO3. The number of hydrogen-bond donors (Lipinski definition) is 1. The zero-order valence-corrected chi connectivity index (χ0v) is 11.2. The van der Waals surface area contributed by atoms with Crippen molar-refractivity contribution in [1.82, 2.24) is 5.32 Å². The van der Waals surface area contributed by atoms with Gasteiger partial charge in [-0.25, -0.2) is 4.79 Å². The van der Waals surface area contributed by atoms with E-state index in [-0.39, 0.29) is 6.61 Å². The van der Waals surface area contributed by atoms with Crippen LogP contribution in [0.2, 0.25) is 0 Å². The Balaban J connectivity index is 2.67. The molecule has 0 aliphatic carbocycles. The van der Waals surface area contributed by atoms with Crippen molar-refractivity contribution in [2.75, 3.05) is 20.2 Å². The van der Waals surface area contributed by atoms with Gasteiger partial charge in [-0.05, 0) is 38.2 Å². The Labute approximate surface area is 113 Å². The topological polar surface area (TPSA) is 55.4 Å². The van der Waals surface area contributed by atoms with Crippen LogP contribution in [0.4, 0.5) is 0 Å². The lowest BCUT2D eigenvalue weighted by Gasteiger charge is -2.00. The van der Waals surface area contributed by atoms with E-state index in [1.165, 1.54) is 0 Å². The summed E-state index contributed by atoms with van der Waals surface area (Å²) in [6.45, 7) is 2.70. The van der Waals surface area contributed by atoms with Gasteiger partial charge in [0.15, 0.2) is 0 Å². The number of Topliss-reactive ketones (excluding diaryl/α,β-unsaturated/α-hetero) is 1. The number of hydrogen-bond acceptors (Lipinski definition) is 4. The normalized spacial score (nSPS) is 9.37. The molecule has 0 saturated carbocycles. The van der Waals surface area contributed by atoms with Crippen molar-refractivity contribution in [2.24, 2.45) is 0 Å². The quantitative estimate of drug-likeness (QED) is 0.285. The van der Waals surface area contributed by atoms with Crippen LogP contribution in [0.15, 0.2) is 24.3 Å². The van der Waals surface area contributed by atoms with Crippen LogP contribution in [0.5, 0.6) is 0 Å². The number of nitrogens with one attached hydrogen (secondary N) is 1. The van der Waals surface area contributed by atoms with Crippen LogP contribution in [-0.4, -0.2) is 32.0 Å². The predicted octanol–water partition coefficient (Wildman–Crippen LogP) is 1.39. The Kier molecular flexibility index (Phi) is 6.34. The number of carbonyl (C=O) groups is 2. The van der Waals surface area contributed by atoms with Gasteiger partial charge in [0.1, 0.15) is 0 Å². The van der Waals surface area contributed by atoms with E-state index in [2.05, 4.69) is 21.9 Å². The number of benzene rings is 1. The average Bonchev–Trinajstić information content (AvgIpc) is 2.44. The van der Waals surface area contributed by atoms with E-state index in [0.29, 0.717) is 5.56 Å². The maximum Gasteiger partial charge on any atom is 0.379 e. The van der Waals surface area contributed by atoms with Crippen LogP contribution in [-0.2, 0) is 9.53 Å². The number of esters is 1. The molecule has 0 atom stereocenters. The fourth-order valence-electron chi connectivity index (χ4n) is 1.37. The van der Waals surface area contributed by atoms with Crippen LogP contribution >= 0.6 is 0 Å². The molecule has 0 aromatic heterocycles. The molecule has 0 bridgehead atoms. The first-order valence-corrected chi connectivity index (χ1v) is 6.14. The van der Waals surface area contributed by atoms with E-state index in [9.17, 15) is 9.59 Å². The molecule has 0 aliphatic rings. The fourth-order valence-corrected chi connectivity index (χ4v) is 1.37. The number of ketones is 1. The first-order valence-electron chi connectivity index (χ1n) is 6.14. The summed E-state index contributed by atoms with van der Waals surface area (Å²) in [5, 5.41) is 3.00. The Morgan fingerprint density at radius 1 is 1.26 bits per heavy atom. The summed E-state index contributed by atoms with van der Waals surface area (Å²) in [6.07, 6.45) is 0.764. The second-order valence-electron chi connectivity index (χ2n) is 3.78. The predicted molar refractivity (Wildman–Crippen MR) is 72.8 cm³/mol. The van der Waals surface area contributed by atoms with E-state index >= 15 is 0 Å². The molecule has 0 amide bonds. The van der Waals surface area contributed by atoms with Gasteiger partial charge in [0, 0.05) is 24.1 Å². The SMILES string of the molecule is CCOC(=O)C(=O)c1ccc(C#CCCNC)cc1. The minimum atomic E-state index is -0.824. The molecule has 4 nitrogen and oxygen atoms in total. The molecule has 100 valence electrons. The summed E-state index contributed by atoms with van der Waals surface area (Å²) < 4.78 is 4.66. The van der Waals surface area contributed by atoms with Crippen molar-refractivity contribution in [3.05, 3.63) is 35.4 Å². The zero-order chi connectivity index (χ0) is 14.1. The van der Waals surface area contributed by atoms with Crippen LogP contribution in [0.1, 0.15) is 29.3 Å². The minimum Gasteiger partial charge on any atom is -0.460 e. The van der Waals surface area contributed by atoms with Crippen molar-refractivity contribution in [1.29, 1.82) is 0 Å². The van der Waals surface area contributed by atoms with Gasteiger partial charge in [0.25, 0.3) is 5.78 Å². The molecule has 0 fully saturated rings. The van der Waals surface area contributed by atoms with E-state index in [0.717, 1.165) is 18.5 Å². The molecule has 0 unspecified atom stereocenters. The molecule has 0 saturated heterocycles. The fraction of sp³-hybridized carbons (Fsp3) is 0.333. The lowest BCUT2D eigenvalue weighted by Crippen LogP contribution is -2.17. The molecule has 4 heteroatoms. The highest BCUT2D eigenvalue weighted by atomic mass is 16.5. The van der Waals surface area contributed by atoms with Crippen molar-refractivity contribution in [2.45, 2.75) is 13.3 Å². The minimum absolute atomic E-state index is 0.194. The van der Waals surface area contributed by atoms with Crippen molar-refractivity contribution < 1.29 is 14.3 Å². The third kappa shape index (κ3) is 4.94. The molecular weight excluding hydrogens is 242 g/mol. The number of rotatable bonds is 5. The Bertz CT molecular complexity index is 494. The van der Waals surface area contributed by atoms with Crippen molar-refractivity contribution in [3.8, 4) is 11.8 Å². The van der Waals surface area contributed by atoms with Gasteiger partial charge >= 0.3 is 5.97 Å². The van der Waals surface area contributed by atoms with Crippen LogP contribution in [0, 0.1) is 11.8 Å². The zero-order valence-electron chi connectivity index (χ0n) is 11.2. The first kappa shape index (κ1) is 14.9. The lowest BCUT2D eigenvalue weighted by molar-refractivity contribution is -0.137. The Morgan fingerprint density at radius 2 is 1.95 bits per heavy atom. The smallest absolute Gasteiger partial charge is 0.379 e. The number of carbonyl (C=O) groups excluding carboxylic acids is 2. The molecule has 1 rings (SSSR count). The average molecular weight is 259 g/mol. The van der Waals surface area contributed by atoms with Gasteiger partial charge < -0.3 is 10.1 Å². The van der Waals surface area contributed by atoms with Gasteiger partial charge in [-0.1, -0.05) is 11.8 Å². The monoisotopic (exact) mass is 259 g/mol. The summed E-state index contributed by atoms with van der Waals surface area (Å²) in [6, 6.07) is 6.61. The first-order chi connectivity index (χ1) is 9.19. The van der Waals surface area contributed by atoms with Crippen molar-refractivity contribution in [3.63, 3.8) is 0 Å². The molecule has 0 spiro atoms. The highest BCUT2D eigenvalue weighted by molar-refractivity contribution is 6.40. The molecule has 0 radical (unpaired) electrons. The highest BCUT2D eigenvalue weighted by Crippen LogP contribution is 2.05. The molecule has 0 aliphatic heterocycles. The van der Waals surface area contributed by atoms with Gasteiger partial charge in [0.05, 0.1) is 6.61 Å². The summed E-state index contributed by atoms with van der Waals surface area (Å²) in [5.74, 6) is 4.54. The molecule has 1 aromatic rings. The Morgan fingerprint density at radius 3 is 2.53 bits per heavy atom. The molecule has 19 heavy (non-hydrogen) atoms. The van der Waals surface area contributed by atoms with E-state index in [1.54, 1.807) is 31.2 Å². The molecule has 1 aromatic carbocycles. The van der Waals surface area contributed by atoms with Crippen molar-refractivity contribution >= 4 is 11.8 Å². The standard InChI is InChI=1S/C15H17NO3/c1-3-19-15(18)14(17)13-9-7-12(8-10-13)6-4-5-11-16-2/h7-10,16H,3,5,11H2,1-2H3. The second kappa shape index (κ2) is 8.06. The van der Waals surface area contributed by atoms with Crippen LogP contribution < -0.4 is 5.32 Å². The maximum absolute atomic E-state index is 11.6. The van der Waals surface area contributed by atoms with Crippen LogP contribution in [0.25, 0.3) is 0 Å². The summed E-state index contributed by atoms with van der Waals surface area (Å²) in [7, 11) is 1.87. The summed E-state index contributed by atoms with van der Waals surface area (Å²) in [5.41, 5.74) is 1.13. The van der Waals surface area contributed by atoms with Gasteiger partial charge in [-0.2, -0.15) is 0 Å². The van der Waals surface area contributed by atoms with E-state index < -0.39 is 11.8 Å². The second-order valence-corrected chi connectivity index (χ2v) is 3.78. The van der Waals surface area contributed by atoms with Gasteiger partial charge in [-0.15, -0.1) is 0 Å². The number of ether oxygens (including phenoxy) is 1. The largest absolute Gasteiger partial charge is 0.460 e. The van der Waals surface area contributed by atoms with Gasteiger partial charge in [-0.3, -0.25) is 4.79 Å². The highest BCUT2D eigenvalue weighted by Gasteiger charge is 2.16. The third-order valence-electron chi connectivity index (χ3n) is 2.34. The lowest BCUT2D eigenvalue weighted by atomic mass is 10.1. The van der Waals surface area contributed by atoms with Crippen LogP contribution in [0.3, 0.4) is 0 Å². The van der Waals surface area contributed by atoms with E-state index in [1.807, 2.05) is 7.05 Å². The Hall–Kier alpha value is -2.12. The summed E-state index contributed by atoms with van der Waals surface area (Å²) >= 11 is 0.